The zero-order chi connectivity index (χ0) is 13.2. The first kappa shape index (κ1) is 13.7. The monoisotopic (exact) mass is 268 g/mol. The van der Waals surface area contributed by atoms with Gasteiger partial charge in [0.05, 0.1) is 5.69 Å². The summed E-state index contributed by atoms with van der Waals surface area (Å²) in [6.45, 7) is 7.55. The Bertz CT molecular complexity index is 420. The summed E-state index contributed by atoms with van der Waals surface area (Å²) in [6.07, 6.45) is 1.18. The SMILES string of the molecule is CC1(C)CCN(Cc2ccc(N)c(F)c2)CCS1. The highest BCUT2D eigenvalue weighted by Crippen LogP contribution is 2.31. The summed E-state index contributed by atoms with van der Waals surface area (Å²) in [6, 6.07) is 5.13. The molecule has 0 bridgehead atoms. The van der Waals surface area contributed by atoms with Crippen molar-refractivity contribution < 1.29 is 4.39 Å². The molecule has 0 unspecified atom stereocenters. The lowest BCUT2D eigenvalue weighted by molar-refractivity contribution is 0.276. The van der Waals surface area contributed by atoms with Gasteiger partial charge in [-0.1, -0.05) is 19.9 Å². The van der Waals surface area contributed by atoms with Crippen LogP contribution in [-0.2, 0) is 6.54 Å². The van der Waals surface area contributed by atoms with Gasteiger partial charge in [0.25, 0.3) is 0 Å². The minimum atomic E-state index is -0.308. The van der Waals surface area contributed by atoms with E-state index in [-0.39, 0.29) is 11.5 Å². The maximum Gasteiger partial charge on any atom is 0.146 e. The van der Waals surface area contributed by atoms with Crippen LogP contribution in [0.15, 0.2) is 18.2 Å². The molecule has 1 aliphatic rings. The molecule has 4 heteroatoms. The fourth-order valence-corrected chi connectivity index (χ4v) is 3.29. The predicted molar refractivity (Wildman–Crippen MR) is 77.2 cm³/mol. The molecule has 1 heterocycles. The maximum absolute atomic E-state index is 13.4. The standard InChI is InChI=1S/C14H21FN2S/c1-14(2)5-6-17(7-8-18-14)10-11-3-4-13(16)12(15)9-11/h3-4,9H,5-8,10,16H2,1-2H3. The van der Waals surface area contributed by atoms with Crippen LogP contribution in [0.4, 0.5) is 10.1 Å². The minimum absolute atomic E-state index is 0.228. The van der Waals surface area contributed by atoms with Gasteiger partial charge in [0.1, 0.15) is 5.82 Å². The normalized spacial score (nSPS) is 20.6. The molecule has 2 N–H and O–H groups in total. The number of nitrogens with two attached hydrogens (primary N) is 1. The number of nitrogens with zero attached hydrogens (tertiary/aromatic N) is 1. The molecule has 1 aromatic carbocycles. The van der Waals surface area contributed by atoms with Crippen LogP contribution in [0, 0.1) is 5.82 Å². The van der Waals surface area contributed by atoms with Crippen LogP contribution in [0.25, 0.3) is 0 Å². The quantitative estimate of drug-likeness (QED) is 0.836. The van der Waals surface area contributed by atoms with Gasteiger partial charge in [-0.2, -0.15) is 11.8 Å². The van der Waals surface area contributed by atoms with Crippen LogP contribution in [0.5, 0.6) is 0 Å². The average molecular weight is 268 g/mol. The number of rotatable bonds is 2. The molecule has 18 heavy (non-hydrogen) atoms. The molecule has 0 atom stereocenters. The van der Waals surface area contributed by atoms with Gasteiger partial charge in [-0.3, -0.25) is 4.90 Å². The Hall–Kier alpha value is -0.740. The number of hydrogen-bond acceptors (Lipinski definition) is 3. The summed E-state index contributed by atoms with van der Waals surface area (Å²) in [7, 11) is 0. The van der Waals surface area contributed by atoms with Gasteiger partial charge in [0.2, 0.25) is 0 Å². The van der Waals surface area contributed by atoms with Crippen molar-refractivity contribution in [2.75, 3.05) is 24.6 Å². The zero-order valence-corrected chi connectivity index (χ0v) is 11.9. The topological polar surface area (TPSA) is 29.3 Å². The van der Waals surface area contributed by atoms with Crippen molar-refractivity contribution in [3.05, 3.63) is 29.6 Å². The van der Waals surface area contributed by atoms with E-state index in [1.54, 1.807) is 12.1 Å². The molecular weight excluding hydrogens is 247 g/mol. The maximum atomic E-state index is 13.4. The number of thioether (sulfide) groups is 1. The highest BCUT2D eigenvalue weighted by Gasteiger charge is 2.23. The van der Waals surface area contributed by atoms with Crippen molar-refractivity contribution in [3.8, 4) is 0 Å². The third kappa shape index (κ3) is 3.62. The lowest BCUT2D eigenvalue weighted by Crippen LogP contribution is -2.26. The van der Waals surface area contributed by atoms with E-state index in [0.717, 1.165) is 31.0 Å². The van der Waals surface area contributed by atoms with E-state index in [9.17, 15) is 4.39 Å². The lowest BCUT2D eigenvalue weighted by Gasteiger charge is -2.22. The van der Waals surface area contributed by atoms with Crippen LogP contribution < -0.4 is 5.73 Å². The molecule has 0 amide bonds. The summed E-state index contributed by atoms with van der Waals surface area (Å²) < 4.78 is 13.8. The van der Waals surface area contributed by atoms with Crippen LogP contribution in [0.3, 0.4) is 0 Å². The van der Waals surface area contributed by atoms with E-state index in [4.69, 9.17) is 5.73 Å². The molecule has 0 radical (unpaired) electrons. The Kier molecular flexibility index (Phi) is 4.17. The number of halogens is 1. The largest absolute Gasteiger partial charge is 0.396 e. The van der Waals surface area contributed by atoms with Crippen LogP contribution >= 0.6 is 11.8 Å². The molecule has 0 aliphatic carbocycles. The van der Waals surface area contributed by atoms with Crippen LogP contribution in [0.2, 0.25) is 0 Å². The molecule has 1 aliphatic heterocycles. The first-order chi connectivity index (χ1) is 8.46. The summed E-state index contributed by atoms with van der Waals surface area (Å²) >= 11 is 2.03. The highest BCUT2D eigenvalue weighted by molar-refractivity contribution is 8.00. The van der Waals surface area contributed by atoms with Crippen molar-refractivity contribution in [3.63, 3.8) is 0 Å². The van der Waals surface area contributed by atoms with Crippen molar-refractivity contribution >= 4 is 17.4 Å². The molecule has 1 saturated heterocycles. The van der Waals surface area contributed by atoms with Crippen LogP contribution in [0.1, 0.15) is 25.8 Å². The molecule has 1 fully saturated rings. The average Bonchev–Trinajstić information content (AvgIpc) is 2.46. The summed E-state index contributed by atoms with van der Waals surface area (Å²) in [5, 5.41) is 0. The van der Waals surface area contributed by atoms with Gasteiger partial charge in [-0.05, 0) is 30.7 Å². The smallest absolute Gasteiger partial charge is 0.146 e. The number of anilines is 1. The third-order valence-corrected chi connectivity index (χ3v) is 4.77. The molecule has 2 rings (SSSR count). The van der Waals surface area contributed by atoms with E-state index in [0.29, 0.717) is 4.75 Å². The second-order valence-electron chi connectivity index (χ2n) is 5.49. The first-order valence-corrected chi connectivity index (χ1v) is 7.35. The van der Waals surface area contributed by atoms with Gasteiger partial charge in [0, 0.05) is 23.6 Å². The summed E-state index contributed by atoms with van der Waals surface area (Å²) in [5.74, 6) is 0.835. The Morgan fingerprint density at radius 1 is 1.39 bits per heavy atom. The Labute approximate surface area is 113 Å². The molecule has 100 valence electrons. The van der Waals surface area contributed by atoms with Gasteiger partial charge in [-0.15, -0.1) is 0 Å². The first-order valence-electron chi connectivity index (χ1n) is 6.36. The fraction of sp³-hybridized carbons (Fsp3) is 0.571. The van der Waals surface area contributed by atoms with E-state index in [1.807, 2.05) is 17.8 Å². The van der Waals surface area contributed by atoms with Crippen molar-refractivity contribution in [1.82, 2.24) is 4.90 Å². The van der Waals surface area contributed by atoms with Crippen molar-refractivity contribution in [2.45, 2.75) is 31.6 Å². The zero-order valence-electron chi connectivity index (χ0n) is 11.1. The van der Waals surface area contributed by atoms with Crippen molar-refractivity contribution in [2.24, 2.45) is 0 Å². The molecule has 1 aromatic rings. The molecule has 2 nitrogen and oxygen atoms in total. The van der Waals surface area contributed by atoms with Crippen molar-refractivity contribution in [1.29, 1.82) is 0 Å². The lowest BCUT2D eigenvalue weighted by atomic mass is 10.1. The fourth-order valence-electron chi connectivity index (χ4n) is 2.15. The summed E-state index contributed by atoms with van der Waals surface area (Å²) in [5.41, 5.74) is 6.72. The van der Waals surface area contributed by atoms with Gasteiger partial charge < -0.3 is 5.73 Å². The van der Waals surface area contributed by atoms with Crippen LogP contribution in [-0.4, -0.2) is 28.5 Å². The second-order valence-corrected chi connectivity index (χ2v) is 7.29. The van der Waals surface area contributed by atoms with Gasteiger partial charge in [0.15, 0.2) is 0 Å². The molecule has 0 aromatic heterocycles. The second kappa shape index (κ2) is 5.49. The summed E-state index contributed by atoms with van der Waals surface area (Å²) in [4.78, 5) is 2.40. The Balaban J connectivity index is 1.98. The number of benzene rings is 1. The minimum Gasteiger partial charge on any atom is -0.396 e. The number of nitrogen functional groups attached to an aromatic ring is 1. The third-order valence-electron chi connectivity index (χ3n) is 3.40. The van der Waals surface area contributed by atoms with Gasteiger partial charge in [-0.25, -0.2) is 4.39 Å². The molecule has 0 saturated carbocycles. The van der Waals surface area contributed by atoms with E-state index >= 15 is 0 Å². The van der Waals surface area contributed by atoms with Gasteiger partial charge >= 0.3 is 0 Å². The number of hydrogen-bond donors (Lipinski definition) is 1. The van der Waals surface area contributed by atoms with E-state index in [1.165, 1.54) is 6.42 Å². The predicted octanol–water partition coefficient (Wildman–Crippen LogP) is 3.13. The Morgan fingerprint density at radius 3 is 2.89 bits per heavy atom. The van der Waals surface area contributed by atoms with E-state index in [2.05, 4.69) is 18.7 Å². The Morgan fingerprint density at radius 2 is 2.17 bits per heavy atom. The highest BCUT2D eigenvalue weighted by atomic mass is 32.2. The van der Waals surface area contributed by atoms with E-state index < -0.39 is 0 Å². The molecular formula is C14H21FN2S. The molecule has 0 spiro atoms.